The first-order chi connectivity index (χ1) is 7.68. The number of hydrogen-bond donors (Lipinski definition) is 0. The highest BCUT2D eigenvalue weighted by molar-refractivity contribution is 5.72. The molecule has 1 aromatic heterocycles. The number of hydrogen-bond acceptors (Lipinski definition) is 2. The van der Waals surface area contributed by atoms with Gasteiger partial charge >= 0.3 is 0 Å². The van der Waals surface area contributed by atoms with Gasteiger partial charge in [0.25, 0.3) is 0 Å². The Morgan fingerprint density at radius 2 is 1.88 bits per heavy atom. The van der Waals surface area contributed by atoms with Gasteiger partial charge in [-0.1, -0.05) is 18.2 Å². The molecule has 1 aliphatic heterocycles. The van der Waals surface area contributed by atoms with Gasteiger partial charge in [-0.25, -0.2) is 0 Å². The molecular weight excluding hydrogens is 198 g/mol. The van der Waals surface area contributed by atoms with Crippen molar-refractivity contribution in [2.24, 2.45) is 0 Å². The minimum absolute atomic E-state index is 0.308. The average Bonchev–Trinajstić information content (AvgIpc) is 2.29. The molecule has 0 radical (unpaired) electrons. The molecule has 2 heteroatoms. The Labute approximate surface area is 94.9 Å². The van der Waals surface area contributed by atoms with E-state index in [0.29, 0.717) is 0 Å². The number of aromatic nitrogens is 1. The van der Waals surface area contributed by atoms with Crippen LogP contribution in [0.3, 0.4) is 0 Å². The smallest absolute Gasteiger partial charge is 0.131 e. The van der Waals surface area contributed by atoms with Gasteiger partial charge in [-0.3, -0.25) is 4.98 Å². The highest BCUT2D eigenvalue weighted by atomic mass is 16.5. The van der Waals surface area contributed by atoms with Gasteiger partial charge in [-0.15, -0.1) is 0 Å². The molecule has 0 N–H and O–H groups in total. The summed E-state index contributed by atoms with van der Waals surface area (Å²) in [6.07, 6.45) is 1.83. The van der Waals surface area contributed by atoms with Crippen LogP contribution in [0.25, 0.3) is 11.3 Å². The van der Waals surface area contributed by atoms with E-state index in [0.717, 1.165) is 22.6 Å². The zero-order valence-electron chi connectivity index (χ0n) is 9.40. The van der Waals surface area contributed by atoms with Gasteiger partial charge in [0.15, 0.2) is 0 Å². The summed E-state index contributed by atoms with van der Waals surface area (Å²) >= 11 is 0. The van der Waals surface area contributed by atoms with Crippen molar-refractivity contribution in [2.45, 2.75) is 19.4 Å². The van der Waals surface area contributed by atoms with Gasteiger partial charge in [-0.2, -0.15) is 0 Å². The van der Waals surface area contributed by atoms with Crippen LogP contribution in [0.1, 0.15) is 19.4 Å². The monoisotopic (exact) mass is 211 g/mol. The Hall–Kier alpha value is -1.83. The maximum absolute atomic E-state index is 6.01. The van der Waals surface area contributed by atoms with Crippen LogP contribution >= 0.6 is 0 Å². The summed E-state index contributed by atoms with van der Waals surface area (Å²) in [7, 11) is 0. The molecule has 16 heavy (non-hydrogen) atoms. The fourth-order valence-electron chi connectivity index (χ4n) is 2.19. The van der Waals surface area contributed by atoms with Gasteiger partial charge in [-0.05, 0) is 32.0 Å². The minimum Gasteiger partial charge on any atom is -0.482 e. The molecule has 2 heterocycles. The molecule has 80 valence electrons. The molecule has 0 bridgehead atoms. The molecular formula is C14H13NO. The van der Waals surface area contributed by atoms with Crippen LogP contribution in [-0.2, 0) is 5.60 Å². The lowest BCUT2D eigenvalue weighted by atomic mass is 9.90. The normalized spacial score (nSPS) is 15.9. The molecule has 0 fully saturated rings. The summed E-state index contributed by atoms with van der Waals surface area (Å²) < 4.78 is 6.01. The van der Waals surface area contributed by atoms with Crippen LogP contribution in [0.2, 0.25) is 0 Å². The van der Waals surface area contributed by atoms with Crippen LogP contribution in [-0.4, -0.2) is 4.98 Å². The standard InChI is InChI=1S/C14H13NO/c1-14(2)11-7-5-9-15-13(11)10-6-3-4-8-12(10)16-14/h3-9H,1-2H3. The van der Waals surface area contributed by atoms with Gasteiger partial charge in [0.05, 0.1) is 5.69 Å². The number of rotatable bonds is 0. The van der Waals surface area contributed by atoms with Gasteiger partial charge in [0.1, 0.15) is 11.4 Å². The summed E-state index contributed by atoms with van der Waals surface area (Å²) in [5.74, 6) is 0.915. The predicted molar refractivity (Wildman–Crippen MR) is 63.3 cm³/mol. The lowest BCUT2D eigenvalue weighted by Gasteiger charge is -2.33. The van der Waals surface area contributed by atoms with Crippen molar-refractivity contribution in [1.82, 2.24) is 4.98 Å². The number of nitrogens with zero attached hydrogens (tertiary/aromatic N) is 1. The summed E-state index contributed by atoms with van der Waals surface area (Å²) in [6.45, 7) is 4.15. The topological polar surface area (TPSA) is 22.1 Å². The summed E-state index contributed by atoms with van der Waals surface area (Å²) in [5.41, 5.74) is 2.96. The minimum atomic E-state index is -0.308. The van der Waals surface area contributed by atoms with Crippen molar-refractivity contribution >= 4 is 0 Å². The first-order valence-electron chi connectivity index (χ1n) is 5.42. The Morgan fingerprint density at radius 3 is 2.75 bits per heavy atom. The average molecular weight is 211 g/mol. The molecule has 2 nitrogen and oxygen atoms in total. The van der Waals surface area contributed by atoms with Crippen LogP contribution in [0.15, 0.2) is 42.6 Å². The van der Waals surface area contributed by atoms with Gasteiger partial charge in [0.2, 0.25) is 0 Å². The SMILES string of the molecule is CC1(C)Oc2ccccc2-c2ncccc21. The van der Waals surface area contributed by atoms with E-state index >= 15 is 0 Å². The van der Waals surface area contributed by atoms with E-state index in [4.69, 9.17) is 4.74 Å². The van der Waals surface area contributed by atoms with E-state index < -0.39 is 0 Å². The van der Waals surface area contributed by atoms with E-state index in [2.05, 4.69) is 31.0 Å². The van der Waals surface area contributed by atoms with Crippen molar-refractivity contribution in [2.75, 3.05) is 0 Å². The Bertz CT molecular complexity index is 546. The van der Waals surface area contributed by atoms with E-state index in [1.807, 2.05) is 30.5 Å². The first kappa shape index (κ1) is 9.40. The third kappa shape index (κ3) is 1.23. The Morgan fingerprint density at radius 1 is 1.06 bits per heavy atom. The quantitative estimate of drug-likeness (QED) is 0.666. The lowest BCUT2D eigenvalue weighted by Crippen LogP contribution is -2.29. The third-order valence-electron chi connectivity index (χ3n) is 2.96. The second-order valence-corrected chi connectivity index (χ2v) is 4.51. The van der Waals surface area contributed by atoms with Crippen LogP contribution < -0.4 is 4.74 Å². The lowest BCUT2D eigenvalue weighted by molar-refractivity contribution is 0.105. The summed E-state index contributed by atoms with van der Waals surface area (Å²) in [6, 6.07) is 12.1. The van der Waals surface area contributed by atoms with Gasteiger partial charge < -0.3 is 4.74 Å². The van der Waals surface area contributed by atoms with Crippen LogP contribution in [0, 0.1) is 0 Å². The zero-order chi connectivity index (χ0) is 11.2. The molecule has 1 aliphatic rings. The van der Waals surface area contributed by atoms with E-state index in [9.17, 15) is 0 Å². The molecule has 0 atom stereocenters. The largest absolute Gasteiger partial charge is 0.482 e. The van der Waals surface area contributed by atoms with Crippen LogP contribution in [0.5, 0.6) is 5.75 Å². The van der Waals surface area contributed by atoms with Crippen LogP contribution in [0.4, 0.5) is 0 Å². The molecule has 0 aliphatic carbocycles. The van der Waals surface area contributed by atoms with E-state index in [1.165, 1.54) is 0 Å². The second-order valence-electron chi connectivity index (χ2n) is 4.51. The first-order valence-corrected chi connectivity index (χ1v) is 5.42. The van der Waals surface area contributed by atoms with Crippen molar-refractivity contribution < 1.29 is 4.74 Å². The highest BCUT2D eigenvalue weighted by Gasteiger charge is 2.32. The van der Waals surface area contributed by atoms with Gasteiger partial charge in [0, 0.05) is 17.3 Å². The Kier molecular flexibility index (Phi) is 1.81. The van der Waals surface area contributed by atoms with E-state index in [1.54, 1.807) is 0 Å². The van der Waals surface area contributed by atoms with E-state index in [-0.39, 0.29) is 5.60 Å². The maximum Gasteiger partial charge on any atom is 0.131 e. The second kappa shape index (κ2) is 3.08. The summed E-state index contributed by atoms with van der Waals surface area (Å²) in [4.78, 5) is 4.48. The molecule has 3 rings (SSSR count). The zero-order valence-corrected chi connectivity index (χ0v) is 9.40. The molecule has 0 spiro atoms. The Balaban J connectivity index is 2.33. The molecule has 1 aromatic carbocycles. The number of fused-ring (bicyclic) bond motifs is 3. The fraction of sp³-hybridized carbons (Fsp3) is 0.214. The summed E-state index contributed by atoms with van der Waals surface area (Å²) in [5, 5.41) is 0. The number of para-hydroxylation sites is 1. The number of ether oxygens (including phenoxy) is 1. The van der Waals surface area contributed by atoms with Crippen molar-refractivity contribution in [3.8, 4) is 17.0 Å². The third-order valence-corrected chi connectivity index (χ3v) is 2.96. The number of benzene rings is 1. The molecule has 0 saturated heterocycles. The molecule has 0 amide bonds. The van der Waals surface area contributed by atoms with Crippen molar-refractivity contribution in [1.29, 1.82) is 0 Å². The fourth-order valence-corrected chi connectivity index (χ4v) is 2.19. The van der Waals surface area contributed by atoms with Crippen molar-refractivity contribution in [3.05, 3.63) is 48.2 Å². The highest BCUT2D eigenvalue weighted by Crippen LogP contribution is 2.43. The molecule has 0 saturated carbocycles. The maximum atomic E-state index is 6.01. The van der Waals surface area contributed by atoms with Crippen molar-refractivity contribution in [3.63, 3.8) is 0 Å². The molecule has 0 unspecified atom stereocenters. The number of pyridine rings is 1. The molecule has 2 aromatic rings. The predicted octanol–water partition coefficient (Wildman–Crippen LogP) is 3.38.